The number of carboxylic acid groups (broad SMARTS) is 1. The molecule has 0 aliphatic heterocycles. The zero-order valence-electron chi connectivity index (χ0n) is 8.90. The lowest BCUT2D eigenvalue weighted by Gasteiger charge is -2.08. The molecule has 7 heteroatoms. The topological polar surface area (TPSA) is 105 Å². The first kappa shape index (κ1) is 12.6. The van der Waals surface area contributed by atoms with E-state index in [1.807, 2.05) is 0 Å². The molecule has 90 valence electrons. The molecule has 0 radical (unpaired) electrons. The van der Waals surface area contributed by atoms with Gasteiger partial charge in [0, 0.05) is 17.7 Å². The molecule has 0 saturated carbocycles. The molecular weight excluding hydrogens is 228 g/mol. The largest absolute Gasteiger partial charge is 0.546 e. The van der Waals surface area contributed by atoms with Crippen LogP contribution in [0.1, 0.15) is 12.5 Å². The molecular formula is C10H9N2O5-. The number of benzene rings is 1. The molecule has 1 rings (SSSR count). The van der Waals surface area contributed by atoms with E-state index in [1.54, 1.807) is 6.07 Å². The quantitative estimate of drug-likeness (QED) is 0.409. The molecule has 17 heavy (non-hydrogen) atoms. The monoisotopic (exact) mass is 237 g/mol. The number of aliphatic carboxylic acids is 1. The van der Waals surface area contributed by atoms with Crippen molar-refractivity contribution in [3.8, 4) is 0 Å². The van der Waals surface area contributed by atoms with Gasteiger partial charge >= 0.3 is 0 Å². The second-order valence-electron chi connectivity index (χ2n) is 3.15. The molecule has 0 bridgehead atoms. The summed E-state index contributed by atoms with van der Waals surface area (Å²) in [6.07, 6.45) is 0.0110. The lowest BCUT2D eigenvalue weighted by atomic mass is 10.2. The van der Waals surface area contributed by atoms with Crippen LogP contribution in [0.2, 0.25) is 0 Å². The van der Waals surface area contributed by atoms with E-state index >= 15 is 0 Å². The second kappa shape index (κ2) is 5.59. The van der Waals surface area contributed by atoms with E-state index < -0.39 is 17.0 Å². The van der Waals surface area contributed by atoms with Crippen LogP contribution < -0.4 is 5.11 Å². The van der Waals surface area contributed by atoms with Crippen LogP contribution in [0.25, 0.3) is 0 Å². The van der Waals surface area contributed by atoms with Gasteiger partial charge in [0.05, 0.1) is 17.1 Å². The highest BCUT2D eigenvalue weighted by Crippen LogP contribution is 2.11. The summed E-state index contributed by atoms with van der Waals surface area (Å²) in [5.74, 6) is -1.39. The molecule has 1 aromatic carbocycles. The van der Waals surface area contributed by atoms with Crippen LogP contribution in [0.4, 0.5) is 5.69 Å². The number of hydrogen-bond donors (Lipinski definition) is 0. The lowest BCUT2D eigenvalue weighted by molar-refractivity contribution is -0.384. The Morgan fingerprint density at radius 2 is 2.29 bits per heavy atom. The third kappa shape index (κ3) is 3.90. The Bertz CT molecular complexity index is 458. The number of carboxylic acids is 1. The van der Waals surface area contributed by atoms with Gasteiger partial charge in [0.1, 0.15) is 0 Å². The first-order chi connectivity index (χ1) is 8.00. The summed E-state index contributed by atoms with van der Waals surface area (Å²) >= 11 is 0. The van der Waals surface area contributed by atoms with Gasteiger partial charge in [0.2, 0.25) is 0 Å². The van der Waals surface area contributed by atoms with Gasteiger partial charge in [0.15, 0.2) is 6.10 Å². The minimum atomic E-state index is -1.39. The second-order valence-corrected chi connectivity index (χ2v) is 3.15. The summed E-state index contributed by atoms with van der Waals surface area (Å²) in [7, 11) is 0. The van der Waals surface area contributed by atoms with Gasteiger partial charge in [-0.3, -0.25) is 10.1 Å². The SMILES string of the molecule is C[C@H](O/N=C\c1cccc([N+](=O)[O-])c1)C(=O)[O-]. The first-order valence-corrected chi connectivity index (χ1v) is 4.65. The van der Waals surface area contributed by atoms with Gasteiger partial charge in [-0.2, -0.15) is 0 Å². The highest BCUT2D eigenvalue weighted by atomic mass is 16.6. The van der Waals surface area contributed by atoms with E-state index in [0.29, 0.717) is 5.56 Å². The summed E-state index contributed by atoms with van der Waals surface area (Å²) in [4.78, 5) is 24.8. The Morgan fingerprint density at radius 3 is 2.88 bits per heavy atom. The smallest absolute Gasteiger partial charge is 0.270 e. The van der Waals surface area contributed by atoms with E-state index in [1.165, 1.54) is 31.3 Å². The third-order valence-electron chi connectivity index (χ3n) is 1.83. The molecule has 7 nitrogen and oxygen atoms in total. The highest BCUT2D eigenvalue weighted by molar-refractivity contribution is 5.80. The van der Waals surface area contributed by atoms with Crippen molar-refractivity contribution in [1.29, 1.82) is 0 Å². The molecule has 0 spiro atoms. The van der Waals surface area contributed by atoms with Crippen LogP contribution >= 0.6 is 0 Å². The van der Waals surface area contributed by atoms with Gasteiger partial charge in [0.25, 0.3) is 5.69 Å². The van der Waals surface area contributed by atoms with Gasteiger partial charge in [-0.05, 0) is 6.92 Å². The number of hydrogen-bond acceptors (Lipinski definition) is 6. The molecule has 0 aliphatic rings. The Morgan fingerprint density at radius 1 is 1.59 bits per heavy atom. The fourth-order valence-electron chi connectivity index (χ4n) is 0.944. The van der Waals surface area contributed by atoms with Crippen molar-refractivity contribution in [2.24, 2.45) is 5.16 Å². The van der Waals surface area contributed by atoms with Crippen molar-refractivity contribution in [3.05, 3.63) is 39.9 Å². The van der Waals surface area contributed by atoms with Crippen molar-refractivity contribution >= 4 is 17.9 Å². The normalized spacial score (nSPS) is 12.3. The van der Waals surface area contributed by atoms with Gasteiger partial charge in [-0.1, -0.05) is 17.3 Å². The number of nitrogens with zero attached hydrogens (tertiary/aromatic N) is 2. The zero-order chi connectivity index (χ0) is 12.8. The summed E-state index contributed by atoms with van der Waals surface area (Å²) in [6.45, 7) is 1.26. The standard InChI is InChI=1S/C10H10N2O5/c1-7(10(13)14)17-11-6-8-3-2-4-9(5-8)12(15)16/h2-7H,1H3,(H,13,14)/p-1/b11-6-/t7-/m0/s1. The van der Waals surface area contributed by atoms with E-state index in [0.717, 1.165) is 0 Å². The molecule has 0 heterocycles. The van der Waals surface area contributed by atoms with Crippen molar-refractivity contribution in [1.82, 2.24) is 0 Å². The maximum atomic E-state index is 10.5. The zero-order valence-corrected chi connectivity index (χ0v) is 8.90. The predicted octanol–water partition coefficient (Wildman–Crippen LogP) is 0.0837. The summed E-state index contributed by atoms with van der Waals surface area (Å²) in [5.41, 5.74) is 0.353. The number of nitro groups is 1. The number of non-ortho nitro benzene ring substituents is 1. The van der Waals surface area contributed by atoms with Crippen LogP contribution in [0.3, 0.4) is 0 Å². The fourth-order valence-corrected chi connectivity index (χ4v) is 0.944. The first-order valence-electron chi connectivity index (χ1n) is 4.65. The van der Waals surface area contributed by atoms with Crippen molar-refractivity contribution in [2.45, 2.75) is 13.0 Å². The average Bonchev–Trinajstić information content (AvgIpc) is 2.29. The summed E-state index contributed by atoms with van der Waals surface area (Å²) < 4.78 is 0. The maximum absolute atomic E-state index is 10.5. The maximum Gasteiger partial charge on any atom is 0.270 e. The van der Waals surface area contributed by atoms with Crippen molar-refractivity contribution in [3.63, 3.8) is 0 Å². The molecule has 1 aromatic rings. The van der Waals surface area contributed by atoms with Crippen LogP contribution in [0, 0.1) is 10.1 Å². The van der Waals surface area contributed by atoms with Crippen molar-refractivity contribution in [2.75, 3.05) is 0 Å². The number of carbonyl (C=O) groups is 1. The molecule has 0 unspecified atom stereocenters. The molecule has 0 fully saturated rings. The van der Waals surface area contributed by atoms with E-state index in [2.05, 4.69) is 9.99 Å². The molecule has 0 amide bonds. The Hall–Kier alpha value is -2.44. The van der Waals surface area contributed by atoms with Crippen LogP contribution in [0.5, 0.6) is 0 Å². The number of rotatable bonds is 5. The van der Waals surface area contributed by atoms with Gasteiger partial charge in [-0.15, -0.1) is 0 Å². The Balaban J connectivity index is 2.68. The van der Waals surface area contributed by atoms with Gasteiger partial charge < -0.3 is 14.7 Å². The Kier molecular flexibility index (Phi) is 4.15. The van der Waals surface area contributed by atoms with Crippen LogP contribution in [0.15, 0.2) is 29.4 Å². The van der Waals surface area contributed by atoms with E-state index in [4.69, 9.17) is 0 Å². The number of nitro benzene ring substituents is 1. The summed E-state index contributed by atoms with van der Waals surface area (Å²) in [5, 5.41) is 24.1. The fraction of sp³-hybridized carbons (Fsp3) is 0.200. The van der Waals surface area contributed by atoms with E-state index in [9.17, 15) is 20.0 Å². The Labute approximate surface area is 96.5 Å². The van der Waals surface area contributed by atoms with Gasteiger partial charge in [-0.25, -0.2) is 0 Å². The molecule has 0 aliphatic carbocycles. The lowest BCUT2D eigenvalue weighted by Crippen LogP contribution is -2.34. The van der Waals surface area contributed by atoms with E-state index in [-0.39, 0.29) is 5.69 Å². The molecule has 0 aromatic heterocycles. The van der Waals surface area contributed by atoms with Crippen LogP contribution in [-0.4, -0.2) is 23.2 Å². The molecule has 1 atom stereocenters. The number of carbonyl (C=O) groups excluding carboxylic acids is 1. The van der Waals surface area contributed by atoms with Crippen LogP contribution in [-0.2, 0) is 9.63 Å². The number of oxime groups is 1. The summed E-state index contributed by atoms with van der Waals surface area (Å²) in [6, 6.07) is 5.68. The minimum Gasteiger partial charge on any atom is -0.546 e. The average molecular weight is 237 g/mol. The van der Waals surface area contributed by atoms with Crippen molar-refractivity contribution < 1.29 is 19.7 Å². The molecule has 0 N–H and O–H groups in total. The molecule has 0 saturated heterocycles. The third-order valence-corrected chi connectivity index (χ3v) is 1.83. The highest BCUT2D eigenvalue weighted by Gasteiger charge is 2.04. The predicted molar refractivity (Wildman–Crippen MR) is 56.2 cm³/mol. The minimum absolute atomic E-state index is 0.0816.